The lowest BCUT2D eigenvalue weighted by Crippen LogP contribution is -2.47. The Morgan fingerprint density at radius 1 is 1.00 bits per heavy atom. The van der Waals surface area contributed by atoms with E-state index in [-0.39, 0.29) is 18.0 Å². The van der Waals surface area contributed by atoms with Gasteiger partial charge in [-0.25, -0.2) is 4.79 Å². The van der Waals surface area contributed by atoms with Crippen LogP contribution in [0.2, 0.25) is 0 Å². The van der Waals surface area contributed by atoms with Crippen molar-refractivity contribution in [1.82, 2.24) is 4.90 Å². The largest absolute Gasteiger partial charge is 0.469 e. The maximum absolute atomic E-state index is 12.6. The molecule has 1 fully saturated rings. The summed E-state index contributed by atoms with van der Waals surface area (Å²) in [5, 5.41) is 0. The fraction of sp³-hybridized carbons (Fsp3) is 0.417. The monoisotopic (exact) mass is 395 g/mol. The summed E-state index contributed by atoms with van der Waals surface area (Å²) in [6.45, 7) is 6.35. The number of rotatable bonds is 3. The van der Waals surface area contributed by atoms with Gasteiger partial charge in [0, 0.05) is 19.0 Å². The van der Waals surface area contributed by atoms with Crippen LogP contribution in [-0.2, 0) is 14.3 Å². The molecule has 1 saturated heterocycles. The minimum absolute atomic E-state index is 0.00945. The SMILES string of the molecule is COC(=O)[C@H]1CN(C(=O)OC(C)(C)C)CC[C@@H]1c1cccc(-c2ccccc2)c1. The zero-order chi connectivity index (χ0) is 21.0. The van der Waals surface area contributed by atoms with Crippen LogP contribution >= 0.6 is 0 Å². The first-order chi connectivity index (χ1) is 13.8. The lowest BCUT2D eigenvalue weighted by atomic mass is 9.79. The zero-order valence-corrected chi connectivity index (χ0v) is 17.6. The Bertz CT molecular complexity index is 857. The van der Waals surface area contributed by atoms with Crippen LogP contribution in [0.4, 0.5) is 4.79 Å². The molecule has 1 aliphatic rings. The average molecular weight is 395 g/mol. The summed E-state index contributed by atoms with van der Waals surface area (Å²) >= 11 is 0. The zero-order valence-electron chi connectivity index (χ0n) is 17.6. The van der Waals surface area contributed by atoms with Crippen LogP contribution < -0.4 is 0 Å². The van der Waals surface area contributed by atoms with Crippen molar-refractivity contribution in [2.24, 2.45) is 5.92 Å². The van der Waals surface area contributed by atoms with Crippen molar-refractivity contribution >= 4 is 12.1 Å². The van der Waals surface area contributed by atoms with Crippen LogP contribution in [-0.4, -0.2) is 42.8 Å². The third kappa shape index (κ3) is 5.17. The molecular weight excluding hydrogens is 366 g/mol. The third-order valence-corrected chi connectivity index (χ3v) is 5.19. The third-order valence-electron chi connectivity index (χ3n) is 5.19. The smallest absolute Gasteiger partial charge is 0.410 e. The minimum Gasteiger partial charge on any atom is -0.469 e. The second kappa shape index (κ2) is 8.68. The number of carbonyl (C=O) groups is 2. The summed E-state index contributed by atoms with van der Waals surface area (Å²) in [5.74, 6) is -0.731. The molecule has 2 aromatic rings. The number of hydrogen-bond donors (Lipinski definition) is 0. The molecular formula is C24H29NO4. The van der Waals surface area contributed by atoms with E-state index in [1.54, 1.807) is 4.90 Å². The van der Waals surface area contributed by atoms with Gasteiger partial charge in [0.25, 0.3) is 0 Å². The molecule has 0 radical (unpaired) electrons. The van der Waals surface area contributed by atoms with Crippen molar-refractivity contribution in [1.29, 1.82) is 0 Å². The van der Waals surface area contributed by atoms with Gasteiger partial charge in [0.05, 0.1) is 13.0 Å². The van der Waals surface area contributed by atoms with E-state index in [9.17, 15) is 9.59 Å². The number of esters is 1. The highest BCUT2D eigenvalue weighted by atomic mass is 16.6. The number of carbonyl (C=O) groups excluding carboxylic acids is 2. The highest BCUT2D eigenvalue weighted by Gasteiger charge is 2.39. The molecule has 1 amide bonds. The van der Waals surface area contributed by atoms with Crippen LogP contribution in [0.25, 0.3) is 11.1 Å². The molecule has 0 unspecified atom stereocenters. The number of amides is 1. The molecule has 5 heteroatoms. The number of benzene rings is 2. The van der Waals surface area contributed by atoms with Crippen molar-refractivity contribution in [3.8, 4) is 11.1 Å². The minimum atomic E-state index is -0.571. The number of piperidine rings is 1. The Hall–Kier alpha value is -2.82. The summed E-state index contributed by atoms with van der Waals surface area (Å²) in [6.07, 6.45) is 0.292. The van der Waals surface area contributed by atoms with Gasteiger partial charge in [-0.05, 0) is 43.9 Å². The molecule has 0 aliphatic carbocycles. The Labute approximate surface area is 172 Å². The average Bonchev–Trinajstić information content (AvgIpc) is 2.72. The lowest BCUT2D eigenvalue weighted by molar-refractivity contribution is -0.148. The summed E-state index contributed by atoms with van der Waals surface area (Å²) in [5.41, 5.74) is 2.76. The van der Waals surface area contributed by atoms with Crippen molar-refractivity contribution in [2.75, 3.05) is 20.2 Å². The first kappa shape index (κ1) is 20.9. The topological polar surface area (TPSA) is 55.8 Å². The molecule has 154 valence electrons. The number of methoxy groups -OCH3 is 1. The molecule has 1 aliphatic heterocycles. The Kier molecular flexibility index (Phi) is 6.26. The van der Waals surface area contributed by atoms with Gasteiger partial charge >= 0.3 is 12.1 Å². The fourth-order valence-electron chi connectivity index (χ4n) is 3.81. The van der Waals surface area contributed by atoms with E-state index in [1.807, 2.05) is 45.0 Å². The molecule has 3 rings (SSSR count). The van der Waals surface area contributed by atoms with Crippen molar-refractivity contribution < 1.29 is 19.1 Å². The van der Waals surface area contributed by atoms with Gasteiger partial charge in [-0.2, -0.15) is 0 Å². The molecule has 2 atom stereocenters. The highest BCUT2D eigenvalue weighted by Crippen LogP contribution is 2.36. The van der Waals surface area contributed by atoms with E-state index < -0.39 is 11.5 Å². The van der Waals surface area contributed by atoms with Gasteiger partial charge in [-0.3, -0.25) is 4.79 Å². The summed E-state index contributed by atoms with van der Waals surface area (Å²) in [7, 11) is 1.40. The van der Waals surface area contributed by atoms with Gasteiger partial charge in [0.2, 0.25) is 0 Å². The summed E-state index contributed by atoms with van der Waals surface area (Å²) < 4.78 is 10.6. The highest BCUT2D eigenvalue weighted by molar-refractivity contribution is 5.76. The normalized spacial score (nSPS) is 19.5. The van der Waals surface area contributed by atoms with Crippen molar-refractivity contribution in [3.05, 3.63) is 60.2 Å². The van der Waals surface area contributed by atoms with E-state index in [2.05, 4.69) is 30.3 Å². The standard InChI is InChI=1S/C24H29NO4/c1-24(2,3)29-23(27)25-14-13-20(21(16-25)22(26)28-4)19-12-8-11-18(15-19)17-9-6-5-7-10-17/h5-12,15,20-21H,13-14,16H2,1-4H3/t20-,21+/m1/s1. The van der Waals surface area contributed by atoms with Crippen LogP contribution in [0.15, 0.2) is 54.6 Å². The Morgan fingerprint density at radius 2 is 1.69 bits per heavy atom. The van der Waals surface area contributed by atoms with Gasteiger partial charge in [-0.15, -0.1) is 0 Å². The van der Waals surface area contributed by atoms with E-state index >= 15 is 0 Å². The number of nitrogens with zero attached hydrogens (tertiary/aromatic N) is 1. The van der Waals surface area contributed by atoms with Crippen LogP contribution in [0, 0.1) is 5.92 Å². The van der Waals surface area contributed by atoms with E-state index in [1.165, 1.54) is 7.11 Å². The lowest BCUT2D eigenvalue weighted by Gasteiger charge is -2.38. The maximum atomic E-state index is 12.6. The second-order valence-corrected chi connectivity index (χ2v) is 8.44. The van der Waals surface area contributed by atoms with Crippen LogP contribution in [0.3, 0.4) is 0 Å². The molecule has 0 aromatic heterocycles. The Balaban J connectivity index is 1.84. The first-order valence-electron chi connectivity index (χ1n) is 9.99. The summed E-state index contributed by atoms with van der Waals surface area (Å²) in [6, 6.07) is 18.4. The van der Waals surface area contributed by atoms with E-state index in [0.29, 0.717) is 19.5 Å². The number of hydrogen-bond acceptors (Lipinski definition) is 4. The van der Waals surface area contributed by atoms with Gasteiger partial charge in [0.15, 0.2) is 0 Å². The molecule has 0 saturated carbocycles. The van der Waals surface area contributed by atoms with Crippen LogP contribution in [0.5, 0.6) is 0 Å². The molecule has 2 aromatic carbocycles. The molecule has 29 heavy (non-hydrogen) atoms. The number of ether oxygens (including phenoxy) is 2. The number of likely N-dealkylation sites (tertiary alicyclic amines) is 1. The van der Waals surface area contributed by atoms with Crippen molar-refractivity contribution in [3.63, 3.8) is 0 Å². The van der Waals surface area contributed by atoms with Gasteiger partial charge in [-0.1, -0.05) is 54.6 Å². The van der Waals surface area contributed by atoms with E-state index in [4.69, 9.17) is 9.47 Å². The summed E-state index contributed by atoms with van der Waals surface area (Å²) in [4.78, 5) is 26.7. The van der Waals surface area contributed by atoms with Crippen molar-refractivity contribution in [2.45, 2.75) is 38.7 Å². The van der Waals surface area contributed by atoms with Gasteiger partial charge in [0.1, 0.15) is 5.60 Å². The van der Waals surface area contributed by atoms with Crippen LogP contribution in [0.1, 0.15) is 38.7 Å². The molecule has 0 bridgehead atoms. The van der Waals surface area contributed by atoms with Gasteiger partial charge < -0.3 is 14.4 Å². The predicted octanol–water partition coefficient (Wildman–Crippen LogP) is 4.87. The predicted molar refractivity (Wildman–Crippen MR) is 113 cm³/mol. The second-order valence-electron chi connectivity index (χ2n) is 8.44. The quantitative estimate of drug-likeness (QED) is 0.696. The van der Waals surface area contributed by atoms with E-state index in [0.717, 1.165) is 16.7 Å². The molecule has 0 N–H and O–H groups in total. The molecule has 0 spiro atoms. The molecule has 5 nitrogen and oxygen atoms in total. The first-order valence-corrected chi connectivity index (χ1v) is 9.99. The Morgan fingerprint density at radius 3 is 2.34 bits per heavy atom. The molecule has 1 heterocycles. The maximum Gasteiger partial charge on any atom is 0.410 e. The fourth-order valence-corrected chi connectivity index (χ4v) is 3.81.